The first-order chi connectivity index (χ1) is 30.8. The van der Waals surface area contributed by atoms with Crippen LogP contribution in [0, 0.1) is 23.1 Å². The van der Waals surface area contributed by atoms with E-state index in [1.165, 1.54) is 19.4 Å². The summed E-state index contributed by atoms with van der Waals surface area (Å²) in [6, 6.07) is 10.4. The van der Waals surface area contributed by atoms with Gasteiger partial charge in [0.1, 0.15) is 23.7 Å². The highest BCUT2D eigenvalue weighted by Crippen LogP contribution is 2.41. The van der Waals surface area contributed by atoms with Crippen LogP contribution in [0.15, 0.2) is 42.6 Å². The third kappa shape index (κ3) is 8.86. The third-order valence-electron chi connectivity index (χ3n) is 12.7. The number of piperazine rings is 1. The number of methoxy groups -OCH3 is 2. The molecule has 4 amide bonds. The van der Waals surface area contributed by atoms with Crippen molar-refractivity contribution in [1.82, 2.24) is 25.0 Å². The van der Waals surface area contributed by atoms with Gasteiger partial charge in [-0.3, -0.25) is 39.3 Å². The normalized spacial score (nSPS) is 20.9. The Balaban J connectivity index is 0.824. The van der Waals surface area contributed by atoms with Crippen molar-refractivity contribution in [1.29, 1.82) is 5.26 Å². The summed E-state index contributed by atoms with van der Waals surface area (Å²) in [6.45, 7) is 9.75. The van der Waals surface area contributed by atoms with E-state index in [0.717, 1.165) is 56.4 Å². The molecule has 0 saturated carbocycles. The molecule has 15 nitrogen and oxygen atoms in total. The van der Waals surface area contributed by atoms with Gasteiger partial charge in [-0.25, -0.2) is 4.39 Å². The number of benzene rings is 3. The Hall–Kier alpha value is -5.73. The lowest BCUT2D eigenvalue weighted by atomic mass is 9.94. The maximum Gasteiger partial charge on any atom is 0.262 e. The Morgan fingerprint density at radius 3 is 2.27 bits per heavy atom. The van der Waals surface area contributed by atoms with Gasteiger partial charge in [0.15, 0.2) is 11.5 Å². The van der Waals surface area contributed by atoms with Crippen molar-refractivity contribution in [3.8, 4) is 23.3 Å². The molecule has 3 atom stereocenters. The Kier molecular flexibility index (Phi) is 13.2. The molecule has 1 aromatic heterocycles. The van der Waals surface area contributed by atoms with Crippen LogP contribution in [-0.4, -0.2) is 122 Å². The van der Waals surface area contributed by atoms with E-state index in [-0.39, 0.29) is 41.7 Å². The number of likely N-dealkylation sites (tertiary alicyclic amines) is 1. The number of ether oxygens (including phenoxy) is 3. The molecule has 0 radical (unpaired) electrons. The van der Waals surface area contributed by atoms with E-state index in [9.17, 15) is 24.4 Å². The molecule has 0 spiro atoms. The van der Waals surface area contributed by atoms with Crippen LogP contribution in [0.2, 0.25) is 10.0 Å². The minimum Gasteiger partial charge on any atom is -0.495 e. The molecule has 4 aliphatic rings. The Morgan fingerprint density at radius 1 is 0.891 bits per heavy atom. The quantitative estimate of drug-likeness (QED) is 0.106. The van der Waals surface area contributed by atoms with Crippen molar-refractivity contribution in [3.63, 3.8) is 0 Å². The second kappa shape index (κ2) is 18.8. The predicted octanol–water partition coefficient (Wildman–Crippen LogP) is 6.79. The number of pyridine rings is 1. The number of piperidine rings is 2. The summed E-state index contributed by atoms with van der Waals surface area (Å²) in [7, 11) is 3.08. The van der Waals surface area contributed by atoms with E-state index in [4.69, 9.17) is 37.4 Å². The van der Waals surface area contributed by atoms with Crippen LogP contribution in [0.1, 0.15) is 72.2 Å². The fraction of sp³-hybridized carbons (Fsp3) is 0.435. The highest BCUT2D eigenvalue weighted by Gasteiger charge is 2.46. The van der Waals surface area contributed by atoms with Gasteiger partial charge >= 0.3 is 0 Å². The number of anilines is 3. The molecule has 336 valence electrons. The van der Waals surface area contributed by atoms with Crippen LogP contribution < -0.4 is 29.7 Å². The SMILES string of the molecule is COc1cc(Nc2c(C#N)cnc3cc(OCCCN4CCC(CN5CC(C)N(c6cc7c(cc6F)C(=O)N(C6CCC(=O)NC6=O)C7=O)C(C)C5)CC4)c(OC)cc23)c(Cl)cc1Cl. The van der Waals surface area contributed by atoms with E-state index < -0.39 is 35.5 Å². The van der Waals surface area contributed by atoms with Crippen molar-refractivity contribution >= 4 is 74.8 Å². The molecule has 2 N–H and O–H groups in total. The number of hydrogen-bond donors (Lipinski definition) is 2. The van der Waals surface area contributed by atoms with Gasteiger partial charge in [0.05, 0.1) is 70.1 Å². The van der Waals surface area contributed by atoms with Gasteiger partial charge in [-0.05, 0) is 82.8 Å². The molecule has 3 unspecified atom stereocenters. The van der Waals surface area contributed by atoms with Crippen LogP contribution >= 0.6 is 23.2 Å². The summed E-state index contributed by atoms with van der Waals surface area (Å²) in [4.78, 5) is 63.2. The second-order valence-corrected chi connectivity index (χ2v) is 17.7. The van der Waals surface area contributed by atoms with Crippen molar-refractivity contribution in [2.24, 2.45) is 5.92 Å². The van der Waals surface area contributed by atoms with Gasteiger partial charge in [0, 0.05) is 68.4 Å². The summed E-state index contributed by atoms with van der Waals surface area (Å²) in [5.41, 5.74) is 2.19. The van der Waals surface area contributed by atoms with Crippen molar-refractivity contribution in [3.05, 3.63) is 75.1 Å². The summed E-state index contributed by atoms with van der Waals surface area (Å²) in [6.07, 6.45) is 4.47. The number of amides is 4. The largest absolute Gasteiger partial charge is 0.495 e. The number of carbonyl (C=O) groups is 4. The zero-order valence-electron chi connectivity index (χ0n) is 36.0. The fourth-order valence-electron chi connectivity index (χ4n) is 9.57. The summed E-state index contributed by atoms with van der Waals surface area (Å²) < 4.78 is 33.1. The third-order valence-corrected chi connectivity index (χ3v) is 13.3. The lowest BCUT2D eigenvalue weighted by molar-refractivity contribution is -0.136. The van der Waals surface area contributed by atoms with Crippen LogP contribution in [0.4, 0.5) is 21.5 Å². The first-order valence-corrected chi connectivity index (χ1v) is 22.2. The van der Waals surface area contributed by atoms with Gasteiger partial charge in [-0.2, -0.15) is 5.26 Å². The number of imide groups is 2. The molecule has 0 bridgehead atoms. The maximum absolute atomic E-state index is 15.8. The number of nitrogens with one attached hydrogen (secondary N) is 2. The van der Waals surface area contributed by atoms with E-state index >= 15 is 4.39 Å². The first-order valence-electron chi connectivity index (χ1n) is 21.4. The number of nitriles is 1. The topological polar surface area (TPSA) is 170 Å². The maximum atomic E-state index is 15.8. The smallest absolute Gasteiger partial charge is 0.262 e. The minimum absolute atomic E-state index is 0.0101. The van der Waals surface area contributed by atoms with Crippen molar-refractivity contribution < 1.29 is 37.8 Å². The summed E-state index contributed by atoms with van der Waals surface area (Å²) in [5.74, 6) is -1.14. The number of halogens is 3. The number of hydrogen-bond acceptors (Lipinski definition) is 13. The van der Waals surface area contributed by atoms with Crippen LogP contribution in [0.3, 0.4) is 0 Å². The molecule has 18 heteroatoms. The lowest BCUT2D eigenvalue weighted by Crippen LogP contribution is -2.58. The number of fused-ring (bicyclic) bond motifs is 2. The van der Waals surface area contributed by atoms with Gasteiger partial charge in [0.25, 0.3) is 11.8 Å². The van der Waals surface area contributed by atoms with Crippen molar-refractivity contribution in [2.75, 3.05) is 70.3 Å². The molecule has 0 aliphatic carbocycles. The van der Waals surface area contributed by atoms with E-state index in [1.807, 2.05) is 24.8 Å². The highest BCUT2D eigenvalue weighted by atomic mass is 35.5. The monoisotopic (exact) mass is 914 g/mol. The zero-order chi connectivity index (χ0) is 45.4. The Morgan fingerprint density at radius 2 is 1.59 bits per heavy atom. The lowest BCUT2D eigenvalue weighted by Gasteiger charge is -2.47. The molecule has 3 saturated heterocycles. The van der Waals surface area contributed by atoms with Gasteiger partial charge < -0.3 is 29.3 Å². The molecule has 3 aromatic carbocycles. The molecule has 8 rings (SSSR count). The second-order valence-electron chi connectivity index (χ2n) is 16.9. The standard InChI is InChI=1S/C46H49Cl2FN8O7/c1-25-22-55(23-26(2)56(25)38-15-30-29(14-34(38)49)45(60)57(46(30)61)37-6-7-42(58)53-44(37)59)24-27-8-11-54(12-9-27)10-5-13-64-41-18-35-31(16-40(41)63-4)43(28(20-50)21-51-35)52-36-19-39(62-3)33(48)17-32(36)47/h14-19,21,25-27,37H,5-13,22-24H2,1-4H3,(H,51,52)(H,53,58,59). The molecular formula is C46H49Cl2FN8O7. The molecule has 4 aromatic rings. The first kappa shape index (κ1) is 44.9. The highest BCUT2D eigenvalue weighted by molar-refractivity contribution is 6.37. The van der Waals surface area contributed by atoms with Crippen LogP contribution in [0.5, 0.6) is 17.2 Å². The summed E-state index contributed by atoms with van der Waals surface area (Å²) >= 11 is 12.7. The van der Waals surface area contributed by atoms with Gasteiger partial charge in [-0.15, -0.1) is 0 Å². The number of aromatic nitrogens is 1. The number of rotatable bonds is 13. The average molecular weight is 916 g/mol. The van der Waals surface area contributed by atoms with E-state index in [1.54, 1.807) is 25.3 Å². The minimum atomic E-state index is -1.11. The molecule has 3 fully saturated rings. The molecular weight excluding hydrogens is 866 g/mol. The van der Waals surface area contributed by atoms with E-state index in [0.29, 0.717) is 80.7 Å². The van der Waals surface area contributed by atoms with E-state index in [2.05, 4.69) is 31.5 Å². The molecule has 64 heavy (non-hydrogen) atoms. The fourth-order valence-corrected chi connectivity index (χ4v) is 10.1. The predicted molar refractivity (Wildman–Crippen MR) is 239 cm³/mol. The Bertz CT molecular complexity index is 2550. The number of carbonyl (C=O) groups excluding carboxylic acids is 4. The average Bonchev–Trinajstić information content (AvgIpc) is 3.50. The van der Waals surface area contributed by atoms with Crippen LogP contribution in [-0.2, 0) is 9.59 Å². The summed E-state index contributed by atoms with van der Waals surface area (Å²) in [5, 5.41) is 16.7. The zero-order valence-corrected chi connectivity index (χ0v) is 37.5. The van der Waals surface area contributed by atoms with Crippen LogP contribution in [0.25, 0.3) is 10.9 Å². The van der Waals surface area contributed by atoms with Gasteiger partial charge in [-0.1, -0.05) is 23.2 Å². The van der Waals surface area contributed by atoms with Gasteiger partial charge in [0.2, 0.25) is 11.8 Å². The van der Waals surface area contributed by atoms with Crippen molar-refractivity contribution in [2.45, 2.75) is 64.1 Å². The Labute approximate surface area is 380 Å². The molecule has 5 heterocycles. The molecule has 4 aliphatic heterocycles. The number of nitrogens with zero attached hydrogens (tertiary/aromatic N) is 6.